The Morgan fingerprint density at radius 3 is 2.82 bits per heavy atom. The maximum atomic E-state index is 12.1. The highest BCUT2D eigenvalue weighted by Crippen LogP contribution is 2.18. The number of benzene rings is 1. The molecular weight excluding hydrogens is 274 g/mol. The van der Waals surface area contributed by atoms with Crippen molar-refractivity contribution in [3.8, 4) is 0 Å². The van der Waals surface area contributed by atoms with Crippen LogP contribution in [0.2, 0.25) is 0 Å². The molecule has 1 fully saturated rings. The Morgan fingerprint density at radius 2 is 2.00 bits per heavy atom. The number of carbonyl (C=O) groups is 1. The molecule has 0 aromatic heterocycles. The lowest BCUT2D eigenvalue weighted by Crippen LogP contribution is -2.39. The van der Waals surface area contributed by atoms with Crippen LogP contribution in [0, 0.1) is 5.92 Å². The molecule has 2 heterocycles. The molecule has 1 aromatic rings. The first-order chi connectivity index (χ1) is 10.8. The first kappa shape index (κ1) is 15.5. The van der Waals surface area contributed by atoms with Gasteiger partial charge in [-0.25, -0.2) is 0 Å². The van der Waals surface area contributed by atoms with Crippen LogP contribution in [-0.4, -0.2) is 43.5 Å². The van der Waals surface area contributed by atoms with E-state index in [1.807, 2.05) is 0 Å². The van der Waals surface area contributed by atoms with E-state index in [9.17, 15) is 4.79 Å². The van der Waals surface area contributed by atoms with Crippen LogP contribution in [0.4, 0.5) is 0 Å². The quantitative estimate of drug-likeness (QED) is 0.811. The molecule has 1 saturated heterocycles. The van der Waals surface area contributed by atoms with Crippen molar-refractivity contribution in [2.24, 2.45) is 5.92 Å². The minimum atomic E-state index is 0.225. The van der Waals surface area contributed by atoms with E-state index in [1.165, 1.54) is 11.1 Å². The van der Waals surface area contributed by atoms with Gasteiger partial charge in [0.25, 0.3) is 0 Å². The SMILES string of the molecule is O=C(NCCCN1CCc2ccccc2C1)C1CCNCC1. The van der Waals surface area contributed by atoms with Gasteiger partial charge in [0.1, 0.15) is 0 Å². The third-order valence-electron chi connectivity index (χ3n) is 4.87. The van der Waals surface area contributed by atoms with Crippen LogP contribution in [0.1, 0.15) is 30.4 Å². The molecule has 22 heavy (non-hydrogen) atoms. The second kappa shape index (κ2) is 7.75. The molecule has 0 spiro atoms. The van der Waals surface area contributed by atoms with Crippen LogP contribution in [0.25, 0.3) is 0 Å². The van der Waals surface area contributed by atoms with Crippen molar-refractivity contribution in [3.05, 3.63) is 35.4 Å². The van der Waals surface area contributed by atoms with Crippen molar-refractivity contribution in [1.29, 1.82) is 0 Å². The smallest absolute Gasteiger partial charge is 0.223 e. The molecule has 0 unspecified atom stereocenters. The van der Waals surface area contributed by atoms with E-state index in [4.69, 9.17) is 0 Å². The summed E-state index contributed by atoms with van der Waals surface area (Å²) in [7, 11) is 0. The fourth-order valence-electron chi connectivity index (χ4n) is 3.49. The Labute approximate surface area is 133 Å². The molecule has 2 aliphatic rings. The van der Waals surface area contributed by atoms with Crippen molar-refractivity contribution in [3.63, 3.8) is 0 Å². The summed E-state index contributed by atoms with van der Waals surface area (Å²) in [5, 5.41) is 6.42. The molecular formula is C18H27N3O. The molecule has 0 aliphatic carbocycles. The minimum absolute atomic E-state index is 0.225. The van der Waals surface area contributed by atoms with Crippen molar-refractivity contribution in [2.75, 3.05) is 32.7 Å². The van der Waals surface area contributed by atoms with Crippen LogP contribution in [0.15, 0.2) is 24.3 Å². The largest absolute Gasteiger partial charge is 0.356 e. The van der Waals surface area contributed by atoms with E-state index < -0.39 is 0 Å². The van der Waals surface area contributed by atoms with Gasteiger partial charge in [-0.2, -0.15) is 0 Å². The number of piperidine rings is 1. The number of hydrogen-bond acceptors (Lipinski definition) is 3. The van der Waals surface area contributed by atoms with Crippen LogP contribution >= 0.6 is 0 Å². The van der Waals surface area contributed by atoms with E-state index in [1.54, 1.807) is 0 Å². The average molecular weight is 301 g/mol. The zero-order chi connectivity index (χ0) is 15.2. The third kappa shape index (κ3) is 4.08. The van der Waals surface area contributed by atoms with E-state index in [2.05, 4.69) is 39.8 Å². The highest BCUT2D eigenvalue weighted by molar-refractivity contribution is 5.78. The Kier molecular flexibility index (Phi) is 5.46. The number of nitrogens with zero attached hydrogens (tertiary/aromatic N) is 1. The van der Waals surface area contributed by atoms with Gasteiger partial charge in [0.15, 0.2) is 0 Å². The van der Waals surface area contributed by atoms with Crippen molar-refractivity contribution in [1.82, 2.24) is 15.5 Å². The van der Waals surface area contributed by atoms with Crippen LogP contribution in [0.3, 0.4) is 0 Å². The van der Waals surface area contributed by atoms with Gasteiger partial charge in [0, 0.05) is 32.1 Å². The molecule has 4 nitrogen and oxygen atoms in total. The highest BCUT2D eigenvalue weighted by atomic mass is 16.1. The Bertz CT molecular complexity index is 497. The fourth-order valence-corrected chi connectivity index (χ4v) is 3.49. The zero-order valence-electron chi connectivity index (χ0n) is 13.3. The standard InChI is InChI=1S/C18H27N3O/c22-18(16-6-10-19-11-7-16)20-9-3-12-21-13-8-15-4-1-2-5-17(15)14-21/h1-2,4-5,16,19H,3,6-14H2,(H,20,22). The van der Waals surface area contributed by atoms with Gasteiger partial charge >= 0.3 is 0 Å². The molecule has 4 heteroatoms. The van der Waals surface area contributed by atoms with Gasteiger partial charge in [-0.3, -0.25) is 9.69 Å². The lowest BCUT2D eigenvalue weighted by molar-refractivity contribution is -0.125. The third-order valence-corrected chi connectivity index (χ3v) is 4.87. The van der Waals surface area contributed by atoms with Crippen LogP contribution < -0.4 is 10.6 Å². The number of nitrogens with one attached hydrogen (secondary N) is 2. The maximum Gasteiger partial charge on any atom is 0.223 e. The average Bonchev–Trinajstić information content (AvgIpc) is 2.59. The number of amides is 1. The number of carbonyl (C=O) groups excluding carboxylic acids is 1. The van der Waals surface area contributed by atoms with Crippen LogP contribution in [0.5, 0.6) is 0 Å². The second-order valence-corrected chi connectivity index (χ2v) is 6.46. The first-order valence-electron chi connectivity index (χ1n) is 8.60. The Morgan fingerprint density at radius 1 is 1.23 bits per heavy atom. The fraction of sp³-hybridized carbons (Fsp3) is 0.611. The molecule has 0 atom stereocenters. The van der Waals surface area contributed by atoms with Gasteiger partial charge in [-0.1, -0.05) is 24.3 Å². The number of rotatable bonds is 5. The van der Waals surface area contributed by atoms with Gasteiger partial charge in [-0.15, -0.1) is 0 Å². The summed E-state index contributed by atoms with van der Waals surface area (Å²) in [6.45, 7) is 6.02. The predicted octanol–water partition coefficient (Wildman–Crippen LogP) is 1.55. The molecule has 2 aliphatic heterocycles. The summed E-state index contributed by atoms with van der Waals surface area (Å²) in [5.74, 6) is 0.480. The summed E-state index contributed by atoms with van der Waals surface area (Å²) < 4.78 is 0. The lowest BCUT2D eigenvalue weighted by Gasteiger charge is -2.28. The summed E-state index contributed by atoms with van der Waals surface area (Å²) in [6, 6.07) is 8.73. The Hall–Kier alpha value is -1.39. The normalized spacial score (nSPS) is 19.6. The highest BCUT2D eigenvalue weighted by Gasteiger charge is 2.20. The monoisotopic (exact) mass is 301 g/mol. The molecule has 3 rings (SSSR count). The minimum Gasteiger partial charge on any atom is -0.356 e. The van der Waals surface area contributed by atoms with Gasteiger partial charge in [0.05, 0.1) is 0 Å². The van der Waals surface area contributed by atoms with E-state index in [-0.39, 0.29) is 11.8 Å². The van der Waals surface area contributed by atoms with E-state index in [0.717, 1.165) is 65.0 Å². The molecule has 1 amide bonds. The first-order valence-corrected chi connectivity index (χ1v) is 8.60. The topological polar surface area (TPSA) is 44.4 Å². The zero-order valence-corrected chi connectivity index (χ0v) is 13.3. The maximum absolute atomic E-state index is 12.1. The summed E-state index contributed by atoms with van der Waals surface area (Å²) in [6.07, 6.45) is 4.15. The molecule has 2 N–H and O–H groups in total. The summed E-state index contributed by atoms with van der Waals surface area (Å²) in [5.41, 5.74) is 2.96. The van der Waals surface area contributed by atoms with Crippen molar-refractivity contribution >= 4 is 5.91 Å². The van der Waals surface area contributed by atoms with Gasteiger partial charge < -0.3 is 10.6 Å². The molecule has 0 saturated carbocycles. The van der Waals surface area contributed by atoms with Crippen molar-refractivity contribution in [2.45, 2.75) is 32.2 Å². The molecule has 0 bridgehead atoms. The van der Waals surface area contributed by atoms with Gasteiger partial charge in [0.2, 0.25) is 5.91 Å². The predicted molar refractivity (Wildman–Crippen MR) is 88.6 cm³/mol. The molecule has 0 radical (unpaired) electrons. The van der Waals surface area contributed by atoms with E-state index in [0.29, 0.717) is 0 Å². The molecule has 1 aromatic carbocycles. The summed E-state index contributed by atoms with van der Waals surface area (Å²) >= 11 is 0. The lowest BCUT2D eigenvalue weighted by atomic mass is 9.97. The summed E-state index contributed by atoms with van der Waals surface area (Å²) in [4.78, 5) is 14.6. The second-order valence-electron chi connectivity index (χ2n) is 6.46. The van der Waals surface area contributed by atoms with Gasteiger partial charge in [-0.05, 0) is 49.9 Å². The van der Waals surface area contributed by atoms with Crippen molar-refractivity contribution < 1.29 is 4.79 Å². The van der Waals surface area contributed by atoms with E-state index >= 15 is 0 Å². The Balaban J connectivity index is 1.35. The van der Waals surface area contributed by atoms with Crippen LogP contribution in [-0.2, 0) is 17.8 Å². The molecule has 120 valence electrons. The number of hydrogen-bond donors (Lipinski definition) is 2. The number of fused-ring (bicyclic) bond motifs is 1.